The molecular formula is C16H22FNO. The first kappa shape index (κ1) is 12.9. The Morgan fingerprint density at radius 1 is 1.32 bits per heavy atom. The van der Waals surface area contributed by atoms with Crippen LogP contribution in [0.2, 0.25) is 0 Å². The fourth-order valence-corrected chi connectivity index (χ4v) is 3.73. The molecular weight excluding hydrogens is 241 g/mol. The van der Waals surface area contributed by atoms with Gasteiger partial charge in [0.15, 0.2) is 0 Å². The van der Waals surface area contributed by atoms with Crippen LogP contribution in [0, 0.1) is 23.6 Å². The normalized spacial score (nSPS) is 29.9. The topological polar surface area (TPSA) is 21.3 Å². The van der Waals surface area contributed by atoms with Crippen LogP contribution in [-0.2, 0) is 0 Å². The zero-order valence-corrected chi connectivity index (χ0v) is 11.7. The van der Waals surface area contributed by atoms with Crippen molar-refractivity contribution in [3.63, 3.8) is 0 Å². The molecule has 0 aliphatic heterocycles. The molecule has 0 bridgehead atoms. The summed E-state index contributed by atoms with van der Waals surface area (Å²) in [5.41, 5.74) is 0.982. The number of hydrogen-bond acceptors (Lipinski definition) is 2. The number of nitrogens with one attached hydrogen (secondary N) is 1. The van der Waals surface area contributed by atoms with E-state index in [1.165, 1.54) is 25.3 Å². The Balaban J connectivity index is 1.88. The lowest BCUT2D eigenvalue weighted by molar-refractivity contribution is 0.328. The van der Waals surface area contributed by atoms with Crippen molar-refractivity contribution in [3.05, 3.63) is 29.6 Å². The second kappa shape index (κ2) is 5.12. The Labute approximate surface area is 114 Å². The largest absolute Gasteiger partial charge is 0.496 e. The van der Waals surface area contributed by atoms with E-state index >= 15 is 0 Å². The third kappa shape index (κ3) is 2.48. The maximum atomic E-state index is 13.6. The number of benzene rings is 1. The van der Waals surface area contributed by atoms with Gasteiger partial charge in [0.25, 0.3) is 0 Å². The zero-order valence-electron chi connectivity index (χ0n) is 11.7. The van der Waals surface area contributed by atoms with Crippen LogP contribution in [0.15, 0.2) is 18.2 Å². The predicted molar refractivity (Wildman–Crippen MR) is 73.7 cm³/mol. The number of rotatable bonds is 5. The molecule has 0 heterocycles. The standard InChI is InChI=1S/C16H22FNO/c1-3-18-16(12-7-10-6-11(10)8-12)14-9-13(17)4-5-15(14)19-2/h4-5,9-12,16,18H,3,6-8H2,1-2H3. The first-order valence-electron chi connectivity index (χ1n) is 7.29. The Morgan fingerprint density at radius 2 is 2.05 bits per heavy atom. The molecule has 0 radical (unpaired) electrons. The van der Waals surface area contributed by atoms with Crippen molar-refractivity contribution in [3.8, 4) is 5.75 Å². The SMILES string of the molecule is CCNC(c1cc(F)ccc1OC)C1CC2CC2C1. The van der Waals surface area contributed by atoms with Crippen LogP contribution in [0.3, 0.4) is 0 Å². The lowest BCUT2D eigenvalue weighted by Gasteiger charge is -2.27. The summed E-state index contributed by atoms with van der Waals surface area (Å²) in [4.78, 5) is 0. The first-order valence-corrected chi connectivity index (χ1v) is 7.29. The number of methoxy groups -OCH3 is 1. The van der Waals surface area contributed by atoms with Crippen LogP contribution in [0.5, 0.6) is 5.75 Å². The van der Waals surface area contributed by atoms with E-state index in [0.717, 1.165) is 29.7 Å². The van der Waals surface area contributed by atoms with E-state index in [-0.39, 0.29) is 11.9 Å². The summed E-state index contributed by atoms with van der Waals surface area (Å²) >= 11 is 0. The van der Waals surface area contributed by atoms with Crippen molar-refractivity contribution in [1.82, 2.24) is 5.32 Å². The summed E-state index contributed by atoms with van der Waals surface area (Å²) in [5, 5.41) is 3.54. The molecule has 3 atom stereocenters. The summed E-state index contributed by atoms with van der Waals surface area (Å²) < 4.78 is 19.0. The summed E-state index contributed by atoms with van der Waals surface area (Å²) in [6.07, 6.45) is 3.97. The molecule has 2 nitrogen and oxygen atoms in total. The fourth-order valence-electron chi connectivity index (χ4n) is 3.73. The second-order valence-electron chi connectivity index (χ2n) is 5.91. The lowest BCUT2D eigenvalue weighted by Crippen LogP contribution is -2.28. The molecule has 2 saturated carbocycles. The molecule has 1 aromatic rings. The van der Waals surface area contributed by atoms with Crippen LogP contribution >= 0.6 is 0 Å². The molecule has 3 unspecified atom stereocenters. The highest BCUT2D eigenvalue weighted by atomic mass is 19.1. The van der Waals surface area contributed by atoms with E-state index < -0.39 is 0 Å². The third-order valence-corrected chi connectivity index (χ3v) is 4.70. The maximum absolute atomic E-state index is 13.6. The van der Waals surface area contributed by atoms with E-state index in [0.29, 0.717) is 5.92 Å². The highest BCUT2D eigenvalue weighted by molar-refractivity contribution is 5.37. The molecule has 2 aliphatic rings. The van der Waals surface area contributed by atoms with Crippen LogP contribution in [-0.4, -0.2) is 13.7 Å². The van der Waals surface area contributed by atoms with Crippen molar-refractivity contribution >= 4 is 0 Å². The van der Waals surface area contributed by atoms with Crippen LogP contribution < -0.4 is 10.1 Å². The van der Waals surface area contributed by atoms with E-state index in [4.69, 9.17) is 4.74 Å². The second-order valence-corrected chi connectivity index (χ2v) is 5.91. The smallest absolute Gasteiger partial charge is 0.123 e. The van der Waals surface area contributed by atoms with Gasteiger partial charge in [-0.2, -0.15) is 0 Å². The Morgan fingerprint density at radius 3 is 2.68 bits per heavy atom. The number of hydrogen-bond donors (Lipinski definition) is 1. The van der Waals surface area contributed by atoms with E-state index in [1.807, 2.05) is 0 Å². The van der Waals surface area contributed by atoms with Crippen LogP contribution in [0.25, 0.3) is 0 Å². The van der Waals surface area contributed by atoms with Gasteiger partial charge in [-0.25, -0.2) is 4.39 Å². The highest BCUT2D eigenvalue weighted by Crippen LogP contribution is 2.57. The molecule has 0 saturated heterocycles. The van der Waals surface area contributed by atoms with E-state index in [1.54, 1.807) is 19.2 Å². The first-order chi connectivity index (χ1) is 9.22. The molecule has 0 aromatic heterocycles. The predicted octanol–water partition coefficient (Wildman–Crippen LogP) is 3.53. The van der Waals surface area contributed by atoms with Crippen molar-refractivity contribution in [2.75, 3.05) is 13.7 Å². The lowest BCUT2D eigenvalue weighted by atomic mass is 9.88. The van der Waals surface area contributed by atoms with Gasteiger partial charge in [0.05, 0.1) is 7.11 Å². The average Bonchev–Trinajstić information content (AvgIpc) is 3.02. The summed E-state index contributed by atoms with van der Waals surface area (Å²) in [6, 6.07) is 5.07. The molecule has 0 amide bonds. The van der Waals surface area contributed by atoms with Crippen LogP contribution in [0.1, 0.15) is 37.8 Å². The molecule has 104 valence electrons. The molecule has 2 aliphatic carbocycles. The fraction of sp³-hybridized carbons (Fsp3) is 0.625. The monoisotopic (exact) mass is 263 g/mol. The van der Waals surface area contributed by atoms with Gasteiger partial charge in [-0.15, -0.1) is 0 Å². The number of ether oxygens (including phenoxy) is 1. The molecule has 3 rings (SSSR count). The molecule has 0 spiro atoms. The summed E-state index contributed by atoms with van der Waals surface area (Å²) in [5.74, 6) is 3.12. The zero-order chi connectivity index (χ0) is 13.4. The van der Waals surface area contributed by atoms with Gasteiger partial charge in [0, 0.05) is 11.6 Å². The van der Waals surface area contributed by atoms with Crippen molar-refractivity contribution in [1.29, 1.82) is 0 Å². The van der Waals surface area contributed by atoms with Crippen molar-refractivity contribution in [2.45, 2.75) is 32.2 Å². The minimum atomic E-state index is -0.179. The van der Waals surface area contributed by atoms with Gasteiger partial charge < -0.3 is 10.1 Å². The molecule has 1 aromatic carbocycles. The molecule has 2 fully saturated rings. The average molecular weight is 263 g/mol. The Bertz CT molecular complexity index is 452. The summed E-state index contributed by atoms with van der Waals surface area (Å²) in [7, 11) is 1.66. The van der Waals surface area contributed by atoms with Gasteiger partial charge in [-0.05, 0) is 61.8 Å². The quantitative estimate of drug-likeness (QED) is 0.877. The Kier molecular flexibility index (Phi) is 3.48. The van der Waals surface area contributed by atoms with Gasteiger partial charge in [0.1, 0.15) is 11.6 Å². The minimum Gasteiger partial charge on any atom is -0.496 e. The molecule has 1 N–H and O–H groups in total. The third-order valence-electron chi connectivity index (χ3n) is 4.70. The maximum Gasteiger partial charge on any atom is 0.123 e. The van der Waals surface area contributed by atoms with Crippen LogP contribution in [0.4, 0.5) is 4.39 Å². The van der Waals surface area contributed by atoms with Gasteiger partial charge in [-0.3, -0.25) is 0 Å². The van der Waals surface area contributed by atoms with Crippen molar-refractivity contribution in [2.24, 2.45) is 17.8 Å². The highest BCUT2D eigenvalue weighted by Gasteiger charge is 2.48. The van der Waals surface area contributed by atoms with Gasteiger partial charge in [-0.1, -0.05) is 6.92 Å². The van der Waals surface area contributed by atoms with E-state index in [9.17, 15) is 4.39 Å². The van der Waals surface area contributed by atoms with Gasteiger partial charge >= 0.3 is 0 Å². The van der Waals surface area contributed by atoms with Gasteiger partial charge in [0.2, 0.25) is 0 Å². The Hall–Kier alpha value is -1.09. The minimum absolute atomic E-state index is 0.179. The van der Waals surface area contributed by atoms with E-state index in [2.05, 4.69) is 12.2 Å². The number of halogens is 1. The summed E-state index contributed by atoms with van der Waals surface area (Å²) in [6.45, 7) is 3.00. The molecule has 19 heavy (non-hydrogen) atoms. The molecule has 3 heteroatoms. The number of fused-ring (bicyclic) bond motifs is 1. The van der Waals surface area contributed by atoms with Crippen molar-refractivity contribution < 1.29 is 9.13 Å².